The topological polar surface area (TPSA) is 125 Å². The van der Waals surface area contributed by atoms with Crippen molar-refractivity contribution in [1.82, 2.24) is 4.72 Å². The van der Waals surface area contributed by atoms with Gasteiger partial charge in [-0.3, -0.25) is 4.79 Å². The third-order valence-electron chi connectivity index (χ3n) is 3.44. The van der Waals surface area contributed by atoms with Gasteiger partial charge in [-0.1, -0.05) is 12.1 Å². The molecule has 2 aromatic carbocycles. The molecule has 2 aromatic rings. The lowest BCUT2D eigenvalue weighted by atomic mass is 10.2. The van der Waals surface area contributed by atoms with Gasteiger partial charge >= 0.3 is 5.97 Å². The number of hydrogen-bond acceptors (Lipinski definition) is 6. The van der Waals surface area contributed by atoms with Gasteiger partial charge in [0.25, 0.3) is 5.91 Å². The van der Waals surface area contributed by atoms with Crippen LogP contribution in [0.4, 0.5) is 0 Å². The van der Waals surface area contributed by atoms with E-state index in [9.17, 15) is 18.0 Å². The zero-order chi connectivity index (χ0) is 20.7. The molecule has 0 saturated heterocycles. The number of primary amides is 1. The van der Waals surface area contributed by atoms with Crippen LogP contribution < -0.4 is 15.2 Å². The Morgan fingerprint density at radius 3 is 2.39 bits per heavy atom. The lowest BCUT2D eigenvalue weighted by molar-refractivity contribution is -0.119. The van der Waals surface area contributed by atoms with Crippen molar-refractivity contribution < 1.29 is 27.5 Å². The van der Waals surface area contributed by atoms with Gasteiger partial charge < -0.3 is 15.2 Å². The monoisotopic (exact) mass is 406 g/mol. The molecule has 2 rings (SSSR count). The Hall–Kier alpha value is -2.91. The summed E-state index contributed by atoms with van der Waals surface area (Å²) in [4.78, 5) is 23.0. The van der Waals surface area contributed by atoms with E-state index in [2.05, 4.69) is 4.72 Å². The highest BCUT2D eigenvalue weighted by atomic mass is 32.2. The molecule has 0 saturated carbocycles. The molecule has 0 aliphatic rings. The lowest BCUT2D eigenvalue weighted by Gasteiger charge is -2.10. The van der Waals surface area contributed by atoms with E-state index in [4.69, 9.17) is 15.2 Å². The van der Waals surface area contributed by atoms with Crippen molar-refractivity contribution in [3.8, 4) is 5.75 Å². The van der Waals surface area contributed by atoms with Crippen LogP contribution in [0.2, 0.25) is 0 Å². The second-order valence-corrected chi connectivity index (χ2v) is 7.99. The number of esters is 1. The van der Waals surface area contributed by atoms with Gasteiger partial charge in [-0.25, -0.2) is 17.9 Å². The molecule has 150 valence electrons. The van der Waals surface area contributed by atoms with E-state index >= 15 is 0 Å². The summed E-state index contributed by atoms with van der Waals surface area (Å²) in [5.41, 5.74) is 5.92. The van der Waals surface area contributed by atoms with E-state index in [0.717, 1.165) is 0 Å². The van der Waals surface area contributed by atoms with Crippen LogP contribution in [0.5, 0.6) is 5.75 Å². The average molecular weight is 406 g/mol. The second kappa shape index (κ2) is 9.34. The Labute approximate surface area is 163 Å². The quantitative estimate of drug-likeness (QED) is 0.609. The van der Waals surface area contributed by atoms with Crippen LogP contribution in [0.25, 0.3) is 0 Å². The number of amides is 1. The Balaban J connectivity index is 1.98. The van der Waals surface area contributed by atoms with Gasteiger partial charge in [0.05, 0.1) is 10.5 Å². The molecule has 0 unspecified atom stereocenters. The Morgan fingerprint density at radius 2 is 1.79 bits per heavy atom. The summed E-state index contributed by atoms with van der Waals surface area (Å²) >= 11 is 0. The zero-order valence-electron chi connectivity index (χ0n) is 15.5. The number of hydrogen-bond donors (Lipinski definition) is 2. The number of rotatable bonds is 9. The number of ether oxygens (including phenoxy) is 2. The first kappa shape index (κ1) is 21.4. The SMILES string of the molecule is CC(C)NS(=O)(=O)c1ccc(C(=O)OCc2cccc(OCC(N)=O)c2)cc1. The van der Waals surface area contributed by atoms with E-state index in [1.54, 1.807) is 38.1 Å². The van der Waals surface area contributed by atoms with Crippen molar-refractivity contribution in [3.63, 3.8) is 0 Å². The predicted molar refractivity (Wildman–Crippen MR) is 102 cm³/mol. The minimum atomic E-state index is -3.62. The van der Waals surface area contributed by atoms with Crippen LogP contribution in [0.1, 0.15) is 29.8 Å². The maximum Gasteiger partial charge on any atom is 0.338 e. The number of nitrogens with one attached hydrogen (secondary N) is 1. The molecular formula is C19H22N2O6S. The minimum Gasteiger partial charge on any atom is -0.484 e. The zero-order valence-corrected chi connectivity index (χ0v) is 16.4. The number of benzene rings is 2. The molecule has 1 amide bonds. The van der Waals surface area contributed by atoms with E-state index in [1.165, 1.54) is 24.3 Å². The third kappa shape index (κ3) is 6.36. The summed E-state index contributed by atoms with van der Waals surface area (Å²) in [6.07, 6.45) is 0. The summed E-state index contributed by atoms with van der Waals surface area (Å²) in [6.45, 7) is 3.18. The fourth-order valence-corrected chi connectivity index (χ4v) is 3.51. The maximum atomic E-state index is 12.2. The standard InChI is InChI=1S/C19H22N2O6S/c1-13(2)21-28(24,25)17-8-6-15(7-9-17)19(23)27-11-14-4-3-5-16(10-14)26-12-18(20)22/h3-10,13,21H,11-12H2,1-2H3,(H2,20,22). The summed E-state index contributed by atoms with van der Waals surface area (Å²) in [5.74, 6) is -0.755. The molecule has 0 aliphatic heterocycles. The highest BCUT2D eigenvalue weighted by molar-refractivity contribution is 7.89. The molecule has 0 radical (unpaired) electrons. The van der Waals surface area contributed by atoms with Crippen LogP contribution in [-0.2, 0) is 26.2 Å². The Kier molecular flexibility index (Phi) is 7.13. The fraction of sp³-hybridized carbons (Fsp3) is 0.263. The minimum absolute atomic E-state index is 0.0123. The molecule has 0 aromatic heterocycles. The van der Waals surface area contributed by atoms with E-state index in [0.29, 0.717) is 11.3 Å². The van der Waals surface area contributed by atoms with Crippen LogP contribution in [0, 0.1) is 0 Å². The van der Waals surface area contributed by atoms with Gasteiger partial charge in [-0.05, 0) is 55.8 Å². The van der Waals surface area contributed by atoms with Gasteiger partial charge in [0, 0.05) is 6.04 Å². The van der Waals surface area contributed by atoms with E-state index in [-0.39, 0.29) is 29.7 Å². The van der Waals surface area contributed by atoms with Crippen molar-refractivity contribution in [2.75, 3.05) is 6.61 Å². The van der Waals surface area contributed by atoms with Crippen LogP contribution >= 0.6 is 0 Å². The molecule has 0 aliphatic carbocycles. The maximum absolute atomic E-state index is 12.2. The highest BCUT2D eigenvalue weighted by Gasteiger charge is 2.16. The summed E-state index contributed by atoms with van der Waals surface area (Å²) in [5, 5.41) is 0. The molecule has 9 heteroatoms. The van der Waals surface area contributed by atoms with Gasteiger partial charge in [0.15, 0.2) is 6.61 Å². The van der Waals surface area contributed by atoms with Crippen molar-refractivity contribution in [2.24, 2.45) is 5.73 Å². The normalized spacial score (nSPS) is 11.2. The number of carbonyl (C=O) groups excluding carboxylic acids is 2. The second-order valence-electron chi connectivity index (χ2n) is 6.28. The first-order valence-corrected chi connectivity index (χ1v) is 9.95. The number of carbonyl (C=O) groups is 2. The average Bonchev–Trinajstić information content (AvgIpc) is 2.64. The van der Waals surface area contributed by atoms with Crippen LogP contribution in [0.15, 0.2) is 53.4 Å². The smallest absolute Gasteiger partial charge is 0.338 e. The third-order valence-corrected chi connectivity index (χ3v) is 5.12. The number of nitrogens with two attached hydrogens (primary N) is 1. The first-order chi connectivity index (χ1) is 13.2. The van der Waals surface area contributed by atoms with Crippen molar-refractivity contribution >= 4 is 21.9 Å². The number of sulfonamides is 1. The Morgan fingerprint density at radius 1 is 1.11 bits per heavy atom. The van der Waals surface area contributed by atoms with Crippen LogP contribution in [0.3, 0.4) is 0 Å². The highest BCUT2D eigenvalue weighted by Crippen LogP contribution is 2.16. The molecule has 28 heavy (non-hydrogen) atoms. The van der Waals surface area contributed by atoms with Gasteiger partial charge in [0.2, 0.25) is 10.0 Å². The molecule has 0 atom stereocenters. The van der Waals surface area contributed by atoms with Gasteiger partial charge in [0.1, 0.15) is 12.4 Å². The largest absolute Gasteiger partial charge is 0.484 e. The molecule has 0 spiro atoms. The predicted octanol–water partition coefficient (Wildman–Crippen LogP) is 1.59. The van der Waals surface area contributed by atoms with E-state index in [1.807, 2.05) is 0 Å². The molecule has 0 fully saturated rings. The van der Waals surface area contributed by atoms with Crippen LogP contribution in [-0.4, -0.2) is 32.9 Å². The Bertz CT molecular complexity index is 939. The summed E-state index contributed by atoms with van der Waals surface area (Å²) < 4.78 is 37.1. The first-order valence-electron chi connectivity index (χ1n) is 8.47. The molecule has 8 nitrogen and oxygen atoms in total. The lowest BCUT2D eigenvalue weighted by Crippen LogP contribution is -2.30. The van der Waals surface area contributed by atoms with Crippen molar-refractivity contribution in [1.29, 1.82) is 0 Å². The molecule has 0 heterocycles. The molecule has 3 N–H and O–H groups in total. The van der Waals surface area contributed by atoms with Crippen molar-refractivity contribution in [2.45, 2.75) is 31.4 Å². The molecule has 0 bridgehead atoms. The molecular weight excluding hydrogens is 384 g/mol. The van der Waals surface area contributed by atoms with Crippen molar-refractivity contribution in [3.05, 3.63) is 59.7 Å². The van der Waals surface area contributed by atoms with Gasteiger partial charge in [-0.15, -0.1) is 0 Å². The summed E-state index contributed by atoms with van der Waals surface area (Å²) in [6, 6.07) is 11.9. The van der Waals surface area contributed by atoms with Gasteiger partial charge in [-0.2, -0.15) is 0 Å². The fourth-order valence-electron chi connectivity index (χ4n) is 2.26. The van der Waals surface area contributed by atoms with E-state index < -0.39 is 21.9 Å². The summed E-state index contributed by atoms with van der Waals surface area (Å²) in [7, 11) is -3.62.